The molecule has 0 amide bonds. The Morgan fingerprint density at radius 2 is 1.92 bits per heavy atom. The Kier molecular flexibility index (Phi) is 4.68. The second-order valence-electron chi connectivity index (χ2n) is 2.18. The molecule has 0 spiro atoms. The van der Waals surface area contributed by atoms with E-state index in [1.807, 2.05) is 0 Å². The van der Waals surface area contributed by atoms with Gasteiger partial charge in [-0.2, -0.15) is 12.6 Å². The third-order valence-corrected chi connectivity index (χ3v) is 1.88. The van der Waals surface area contributed by atoms with Gasteiger partial charge in [0, 0.05) is 7.11 Å². The average Bonchev–Trinajstić information content (AvgIpc) is 1.98. The van der Waals surface area contributed by atoms with E-state index in [0.29, 0.717) is 0 Å². The summed E-state index contributed by atoms with van der Waals surface area (Å²) in [4.78, 5) is 20.8. The van der Waals surface area contributed by atoms with Gasteiger partial charge in [-0.05, 0) is 0 Å². The van der Waals surface area contributed by atoms with Crippen molar-refractivity contribution in [2.75, 3.05) is 13.7 Å². The number of ether oxygens (including phenoxy) is 1. The molecule has 2 N–H and O–H groups in total. The van der Waals surface area contributed by atoms with Gasteiger partial charge in [0.25, 0.3) is 0 Å². The summed E-state index contributed by atoms with van der Waals surface area (Å²) in [7, 11) is 1.30. The van der Waals surface area contributed by atoms with Crippen LogP contribution in [0.25, 0.3) is 0 Å². The fraction of sp³-hybridized carbons (Fsp3) is 0.667. The van der Waals surface area contributed by atoms with Gasteiger partial charge in [-0.15, -0.1) is 0 Å². The van der Waals surface area contributed by atoms with Gasteiger partial charge in [-0.1, -0.05) is 0 Å². The maximum Gasteiger partial charge on any atom is 0.317 e. The molecule has 0 aromatic carbocycles. The topological polar surface area (TPSA) is 83.8 Å². The zero-order valence-electron chi connectivity index (χ0n) is 6.43. The quantitative estimate of drug-likeness (QED) is 0.524. The van der Waals surface area contributed by atoms with Crippen molar-refractivity contribution in [1.29, 1.82) is 0 Å². The van der Waals surface area contributed by atoms with Gasteiger partial charge in [0.15, 0.2) is 0 Å². The molecular formula is C6H10O5S. The van der Waals surface area contributed by atoms with Crippen LogP contribution in [0.4, 0.5) is 0 Å². The van der Waals surface area contributed by atoms with Crippen molar-refractivity contribution in [1.82, 2.24) is 0 Å². The van der Waals surface area contributed by atoms with E-state index >= 15 is 0 Å². The molecule has 2 unspecified atom stereocenters. The van der Waals surface area contributed by atoms with Gasteiger partial charge in [0.2, 0.25) is 0 Å². The minimum atomic E-state index is -1.26. The van der Waals surface area contributed by atoms with Gasteiger partial charge in [-0.25, -0.2) is 0 Å². The molecule has 0 aromatic heterocycles. The fourth-order valence-corrected chi connectivity index (χ4v) is 0.863. The molecule has 0 aliphatic heterocycles. The van der Waals surface area contributed by atoms with Gasteiger partial charge >= 0.3 is 11.9 Å². The molecule has 0 saturated heterocycles. The first-order chi connectivity index (χ1) is 5.50. The maximum absolute atomic E-state index is 10.4. The summed E-state index contributed by atoms with van der Waals surface area (Å²) in [5.74, 6) is -3.60. The molecule has 0 bridgehead atoms. The SMILES string of the molecule is COCC(C(=O)O)C(S)C(=O)O. The van der Waals surface area contributed by atoms with E-state index in [-0.39, 0.29) is 6.61 Å². The van der Waals surface area contributed by atoms with Crippen molar-refractivity contribution in [3.8, 4) is 0 Å². The minimum absolute atomic E-state index is 0.157. The van der Waals surface area contributed by atoms with E-state index in [1.54, 1.807) is 0 Å². The van der Waals surface area contributed by atoms with Gasteiger partial charge in [0.1, 0.15) is 11.2 Å². The number of carbonyl (C=O) groups is 2. The van der Waals surface area contributed by atoms with E-state index in [4.69, 9.17) is 10.2 Å². The molecule has 0 aliphatic carbocycles. The van der Waals surface area contributed by atoms with Crippen LogP contribution in [0.1, 0.15) is 0 Å². The summed E-state index contributed by atoms with van der Waals surface area (Å²) < 4.78 is 4.54. The number of aliphatic carboxylic acids is 2. The van der Waals surface area contributed by atoms with Crippen LogP contribution >= 0.6 is 12.6 Å². The highest BCUT2D eigenvalue weighted by Gasteiger charge is 2.30. The molecule has 5 nitrogen and oxygen atoms in total. The maximum atomic E-state index is 10.4. The lowest BCUT2D eigenvalue weighted by atomic mass is 10.1. The fourth-order valence-electron chi connectivity index (χ4n) is 0.649. The minimum Gasteiger partial charge on any atom is -0.481 e. The molecular weight excluding hydrogens is 184 g/mol. The highest BCUT2D eigenvalue weighted by molar-refractivity contribution is 7.81. The largest absolute Gasteiger partial charge is 0.481 e. The average molecular weight is 194 g/mol. The number of hydrogen-bond donors (Lipinski definition) is 3. The van der Waals surface area contributed by atoms with E-state index < -0.39 is 23.1 Å². The van der Waals surface area contributed by atoms with Crippen LogP contribution in [0.15, 0.2) is 0 Å². The first-order valence-corrected chi connectivity index (χ1v) is 3.65. The Labute approximate surface area is 74.7 Å². The summed E-state index contributed by atoms with van der Waals surface area (Å²) >= 11 is 3.63. The Bertz CT molecular complexity index is 181. The van der Waals surface area contributed by atoms with Crippen molar-refractivity contribution in [2.24, 2.45) is 5.92 Å². The third-order valence-electron chi connectivity index (χ3n) is 1.30. The lowest BCUT2D eigenvalue weighted by molar-refractivity contribution is -0.149. The lowest BCUT2D eigenvalue weighted by Gasteiger charge is -2.13. The van der Waals surface area contributed by atoms with E-state index in [9.17, 15) is 9.59 Å². The van der Waals surface area contributed by atoms with Crippen molar-refractivity contribution < 1.29 is 24.5 Å². The summed E-state index contributed by atoms with van der Waals surface area (Å²) in [6.07, 6.45) is 0. The third kappa shape index (κ3) is 3.10. The predicted octanol–water partition coefficient (Wildman–Crippen LogP) is -0.283. The zero-order chi connectivity index (χ0) is 9.72. The molecule has 0 aliphatic rings. The predicted molar refractivity (Wildman–Crippen MR) is 43.4 cm³/mol. The molecule has 0 radical (unpaired) electrons. The monoisotopic (exact) mass is 194 g/mol. The first-order valence-electron chi connectivity index (χ1n) is 3.13. The number of carboxylic acids is 2. The standard InChI is InChI=1S/C6H10O5S/c1-11-2-3(5(7)8)4(12)6(9)10/h3-4,12H,2H2,1H3,(H,7,8)(H,9,10). The van der Waals surface area contributed by atoms with Gasteiger partial charge < -0.3 is 14.9 Å². The van der Waals surface area contributed by atoms with Crippen LogP contribution in [0.5, 0.6) is 0 Å². The molecule has 0 saturated carbocycles. The molecule has 6 heteroatoms. The van der Waals surface area contributed by atoms with Gasteiger partial charge in [-0.3, -0.25) is 9.59 Å². The summed E-state index contributed by atoms with van der Waals surface area (Å²) in [6.45, 7) is -0.157. The number of carboxylic acid groups (broad SMARTS) is 2. The van der Waals surface area contributed by atoms with Crippen LogP contribution in [0.3, 0.4) is 0 Å². The molecule has 0 rings (SSSR count). The van der Waals surface area contributed by atoms with E-state index in [0.717, 1.165) is 0 Å². The van der Waals surface area contributed by atoms with Crippen molar-refractivity contribution in [2.45, 2.75) is 5.25 Å². The highest BCUT2D eigenvalue weighted by Crippen LogP contribution is 2.11. The van der Waals surface area contributed by atoms with Crippen LogP contribution in [0, 0.1) is 5.92 Å². The Morgan fingerprint density at radius 3 is 2.17 bits per heavy atom. The van der Waals surface area contributed by atoms with Crippen LogP contribution in [-0.4, -0.2) is 41.1 Å². The summed E-state index contributed by atoms with van der Waals surface area (Å²) in [5, 5.41) is 15.7. The van der Waals surface area contributed by atoms with Crippen LogP contribution < -0.4 is 0 Å². The Hall–Kier alpha value is -0.750. The zero-order valence-corrected chi connectivity index (χ0v) is 7.32. The van der Waals surface area contributed by atoms with Crippen molar-refractivity contribution in [3.05, 3.63) is 0 Å². The molecule has 0 heterocycles. The normalized spacial score (nSPS) is 15.2. The van der Waals surface area contributed by atoms with E-state index in [2.05, 4.69) is 17.4 Å². The van der Waals surface area contributed by atoms with Crippen LogP contribution in [-0.2, 0) is 14.3 Å². The van der Waals surface area contributed by atoms with Crippen molar-refractivity contribution in [3.63, 3.8) is 0 Å². The number of thiol groups is 1. The highest BCUT2D eigenvalue weighted by atomic mass is 32.1. The molecule has 0 aromatic rings. The summed E-state index contributed by atoms with van der Waals surface area (Å²) in [5.41, 5.74) is 0. The molecule has 70 valence electrons. The molecule has 2 atom stereocenters. The second kappa shape index (κ2) is 5.00. The Balaban J connectivity index is 4.28. The summed E-state index contributed by atoms with van der Waals surface area (Å²) in [6, 6.07) is 0. The van der Waals surface area contributed by atoms with Crippen molar-refractivity contribution >= 4 is 24.6 Å². The Morgan fingerprint density at radius 1 is 1.42 bits per heavy atom. The molecule has 0 fully saturated rings. The first kappa shape index (κ1) is 11.2. The smallest absolute Gasteiger partial charge is 0.317 e. The van der Waals surface area contributed by atoms with Crippen LogP contribution in [0.2, 0.25) is 0 Å². The van der Waals surface area contributed by atoms with E-state index in [1.165, 1.54) is 7.11 Å². The van der Waals surface area contributed by atoms with Gasteiger partial charge in [0.05, 0.1) is 6.61 Å². The number of methoxy groups -OCH3 is 1. The molecule has 12 heavy (non-hydrogen) atoms. The number of hydrogen-bond acceptors (Lipinski definition) is 4. The lowest BCUT2D eigenvalue weighted by Crippen LogP contribution is -2.33. The number of rotatable bonds is 5. The second-order valence-corrected chi connectivity index (χ2v) is 2.74.